The van der Waals surface area contributed by atoms with Crippen LogP contribution in [0.25, 0.3) is 0 Å². The van der Waals surface area contributed by atoms with Gasteiger partial charge in [-0.2, -0.15) is 0 Å². The number of allylic oxidation sites excluding steroid dienone is 1. The van der Waals surface area contributed by atoms with E-state index in [1.165, 1.54) is 6.08 Å². The molecule has 1 aromatic carbocycles. The van der Waals surface area contributed by atoms with Crippen LogP contribution in [0.1, 0.15) is 18.4 Å². The van der Waals surface area contributed by atoms with E-state index in [2.05, 4.69) is 5.32 Å². The molecular weight excluding hydrogens is 454 g/mol. The summed E-state index contributed by atoms with van der Waals surface area (Å²) in [5.74, 6) is -0.390. The molecule has 8 unspecified atom stereocenters. The zero-order valence-electron chi connectivity index (χ0n) is 18.1. The molecule has 8 N–H and O–H groups in total. The summed E-state index contributed by atoms with van der Waals surface area (Å²) in [7, 11) is 0. The molecule has 1 aliphatic heterocycles. The Bertz CT molecular complexity index is 736. The average Bonchev–Trinajstić information content (AvgIpc) is 2.81. The van der Waals surface area contributed by atoms with Crippen LogP contribution in [0.15, 0.2) is 42.7 Å². The van der Waals surface area contributed by atoms with Crippen molar-refractivity contribution in [1.82, 2.24) is 5.32 Å². The molecule has 0 radical (unpaired) electrons. The summed E-state index contributed by atoms with van der Waals surface area (Å²) < 4.78 is 5.46. The fourth-order valence-corrected chi connectivity index (χ4v) is 4.71. The zero-order chi connectivity index (χ0) is 24.4. The highest BCUT2D eigenvalue weighted by molar-refractivity contribution is 7.99. The fraction of sp³-hybridized carbons (Fsp3) is 0.591. The van der Waals surface area contributed by atoms with Gasteiger partial charge in [0.1, 0.15) is 36.0 Å². The molecule has 0 aromatic heterocycles. The van der Waals surface area contributed by atoms with Gasteiger partial charge >= 0.3 is 0 Å². The first-order chi connectivity index (χ1) is 15.8. The van der Waals surface area contributed by atoms with Crippen LogP contribution in [0.4, 0.5) is 0 Å². The van der Waals surface area contributed by atoms with Crippen molar-refractivity contribution in [3.63, 3.8) is 0 Å². The zero-order valence-corrected chi connectivity index (χ0v) is 18.9. The van der Waals surface area contributed by atoms with Gasteiger partial charge in [0.05, 0.1) is 31.4 Å². The number of ether oxygens (including phenoxy) is 1. The topological polar surface area (TPSA) is 180 Å². The maximum atomic E-state index is 12.6. The fourth-order valence-electron chi connectivity index (χ4n) is 3.45. The molecule has 33 heavy (non-hydrogen) atoms. The van der Waals surface area contributed by atoms with E-state index in [1.807, 2.05) is 6.07 Å². The molecule has 0 bridgehead atoms. The molecule has 1 heterocycles. The summed E-state index contributed by atoms with van der Waals surface area (Å²) in [6.07, 6.45) is -5.40. The Labute approximate surface area is 196 Å². The van der Waals surface area contributed by atoms with Crippen molar-refractivity contribution in [1.29, 1.82) is 0 Å². The summed E-state index contributed by atoms with van der Waals surface area (Å²) in [5.41, 5.74) is -0.283. The molecule has 186 valence electrons. The molecule has 2 rings (SSSR count). The molecule has 10 nitrogen and oxygen atoms in total. The molecule has 0 aliphatic carbocycles. The molecule has 0 spiro atoms. The minimum atomic E-state index is -1.54. The lowest BCUT2D eigenvalue weighted by Gasteiger charge is -2.40. The van der Waals surface area contributed by atoms with Gasteiger partial charge in [-0.15, -0.1) is 11.8 Å². The predicted molar refractivity (Wildman–Crippen MR) is 121 cm³/mol. The largest absolute Gasteiger partial charge is 0.516 e. The number of carbonyl (C=O) groups is 1. The summed E-state index contributed by atoms with van der Waals surface area (Å²) in [4.78, 5) is 12.6. The predicted octanol–water partition coefficient (Wildman–Crippen LogP) is -1.18. The summed E-state index contributed by atoms with van der Waals surface area (Å²) in [5, 5.41) is 71.9. The first kappa shape index (κ1) is 27.5. The van der Waals surface area contributed by atoms with Crippen LogP contribution in [0.3, 0.4) is 0 Å². The Morgan fingerprint density at radius 1 is 1.12 bits per heavy atom. The molecule has 11 heteroatoms. The van der Waals surface area contributed by atoms with Gasteiger partial charge in [0.15, 0.2) is 0 Å². The minimum Gasteiger partial charge on any atom is -0.516 e. The standard InChI is InChI=1S/C22H33NO9S/c24-9-5-4-8-15(26)18(28)14(23-17(27)10-13-6-2-1-3-7-13)12-33-22-21(31)20(30)19(29)16(11-25)32-22/h1-3,5-7,9,14-16,18-22,24-26,28-31H,4,8,10-12H2,(H,23,27). The number of nitrogens with one attached hydrogen (secondary N) is 1. The maximum Gasteiger partial charge on any atom is 0.224 e. The summed E-state index contributed by atoms with van der Waals surface area (Å²) >= 11 is 0.967. The van der Waals surface area contributed by atoms with Gasteiger partial charge in [-0.05, 0) is 18.4 Å². The van der Waals surface area contributed by atoms with Crippen molar-refractivity contribution in [2.24, 2.45) is 0 Å². The minimum absolute atomic E-state index is 0.00269. The number of hydrogen-bond acceptors (Lipinski definition) is 10. The molecule has 1 fully saturated rings. The Morgan fingerprint density at radius 3 is 2.45 bits per heavy atom. The van der Waals surface area contributed by atoms with Crippen molar-refractivity contribution >= 4 is 17.7 Å². The highest BCUT2D eigenvalue weighted by Crippen LogP contribution is 2.29. The SMILES string of the molecule is O=C(Cc1ccccc1)NC(CSC1OC(CO)C(O)C(O)C1O)C(O)C(O)CCC=CO. The van der Waals surface area contributed by atoms with Gasteiger partial charge < -0.3 is 45.8 Å². The van der Waals surface area contributed by atoms with Gasteiger partial charge in [0.2, 0.25) is 5.91 Å². The molecule has 0 saturated carbocycles. The van der Waals surface area contributed by atoms with E-state index in [0.717, 1.165) is 23.6 Å². The Hall–Kier alpha value is -1.70. The van der Waals surface area contributed by atoms with Gasteiger partial charge in [-0.1, -0.05) is 36.4 Å². The Kier molecular flexibility index (Phi) is 11.6. The molecular formula is C22H33NO9S. The van der Waals surface area contributed by atoms with E-state index in [-0.39, 0.29) is 24.5 Å². The molecule has 1 aromatic rings. The third-order valence-corrected chi connectivity index (χ3v) is 6.65. The molecule has 1 amide bonds. The van der Waals surface area contributed by atoms with E-state index in [4.69, 9.17) is 9.84 Å². The molecule has 1 saturated heterocycles. The Morgan fingerprint density at radius 2 is 1.82 bits per heavy atom. The number of amides is 1. The number of aliphatic hydroxyl groups is 7. The third-order valence-electron chi connectivity index (χ3n) is 5.38. The normalized spacial score (nSPS) is 28.4. The van der Waals surface area contributed by atoms with Crippen LogP contribution in [0.5, 0.6) is 0 Å². The first-order valence-corrected chi connectivity index (χ1v) is 11.7. The van der Waals surface area contributed by atoms with Gasteiger partial charge in [0.25, 0.3) is 0 Å². The van der Waals surface area contributed by atoms with Crippen molar-refractivity contribution in [3.8, 4) is 0 Å². The lowest BCUT2D eigenvalue weighted by molar-refractivity contribution is -0.205. The van der Waals surface area contributed by atoms with Crippen LogP contribution in [0, 0.1) is 0 Å². The van der Waals surface area contributed by atoms with Gasteiger partial charge in [0, 0.05) is 5.75 Å². The van der Waals surface area contributed by atoms with Crippen molar-refractivity contribution < 1.29 is 45.3 Å². The lowest BCUT2D eigenvalue weighted by atomic mass is 10.0. The van der Waals surface area contributed by atoms with Crippen LogP contribution >= 0.6 is 11.8 Å². The van der Waals surface area contributed by atoms with Crippen LogP contribution < -0.4 is 5.32 Å². The highest BCUT2D eigenvalue weighted by atomic mass is 32.2. The average molecular weight is 488 g/mol. The first-order valence-electron chi connectivity index (χ1n) is 10.7. The van der Waals surface area contributed by atoms with Crippen molar-refractivity contribution in [2.75, 3.05) is 12.4 Å². The van der Waals surface area contributed by atoms with E-state index in [1.54, 1.807) is 24.3 Å². The number of rotatable bonds is 12. The van der Waals surface area contributed by atoms with Gasteiger partial charge in [-0.25, -0.2) is 0 Å². The Balaban J connectivity index is 2.06. The molecule has 8 atom stereocenters. The second-order valence-corrected chi connectivity index (χ2v) is 9.02. The maximum absolute atomic E-state index is 12.6. The molecule has 1 aliphatic rings. The van der Waals surface area contributed by atoms with Crippen LogP contribution in [-0.4, -0.2) is 102 Å². The lowest BCUT2D eigenvalue weighted by Crippen LogP contribution is -2.58. The highest BCUT2D eigenvalue weighted by Gasteiger charge is 2.44. The van der Waals surface area contributed by atoms with Crippen molar-refractivity contribution in [3.05, 3.63) is 48.2 Å². The van der Waals surface area contributed by atoms with E-state index < -0.39 is 54.7 Å². The third kappa shape index (κ3) is 8.23. The number of benzene rings is 1. The van der Waals surface area contributed by atoms with Gasteiger partial charge in [-0.3, -0.25) is 4.79 Å². The quantitative estimate of drug-likeness (QED) is 0.167. The monoisotopic (exact) mass is 487 g/mol. The van der Waals surface area contributed by atoms with Crippen LogP contribution in [-0.2, 0) is 16.0 Å². The van der Waals surface area contributed by atoms with E-state index >= 15 is 0 Å². The van der Waals surface area contributed by atoms with Crippen molar-refractivity contribution in [2.45, 2.75) is 67.4 Å². The number of aliphatic hydroxyl groups excluding tert-OH is 7. The second-order valence-electron chi connectivity index (χ2n) is 7.89. The number of hydrogen-bond donors (Lipinski definition) is 8. The van der Waals surface area contributed by atoms with E-state index in [0.29, 0.717) is 6.42 Å². The number of thioether (sulfide) groups is 1. The van der Waals surface area contributed by atoms with Crippen LogP contribution in [0.2, 0.25) is 0 Å². The second kappa shape index (κ2) is 13.9. The number of carbonyl (C=O) groups excluding carboxylic acids is 1. The summed E-state index contributed by atoms with van der Waals surface area (Å²) in [6.45, 7) is -0.570. The smallest absolute Gasteiger partial charge is 0.224 e. The van der Waals surface area contributed by atoms with E-state index in [9.17, 15) is 35.4 Å². The summed E-state index contributed by atoms with van der Waals surface area (Å²) in [6, 6.07) is 8.03.